The Balaban J connectivity index is 2.89. The lowest BCUT2D eigenvalue weighted by atomic mass is 10.1. The van der Waals surface area contributed by atoms with Crippen molar-refractivity contribution in [1.29, 1.82) is 0 Å². The van der Waals surface area contributed by atoms with Gasteiger partial charge in [0.1, 0.15) is 5.82 Å². The highest BCUT2D eigenvalue weighted by Crippen LogP contribution is 2.14. The molecule has 0 aliphatic rings. The molecule has 3 N–H and O–H groups in total. The van der Waals surface area contributed by atoms with E-state index in [0.717, 1.165) is 6.42 Å². The van der Waals surface area contributed by atoms with Crippen molar-refractivity contribution in [1.82, 2.24) is 5.32 Å². The molecule has 0 saturated carbocycles. The van der Waals surface area contributed by atoms with Crippen molar-refractivity contribution in [3.8, 4) is 0 Å². The predicted octanol–water partition coefficient (Wildman–Crippen LogP) is 1.55. The molecule has 0 fully saturated rings. The number of nitrogens with two attached hydrogens (primary N) is 1. The molecule has 4 heteroatoms. The summed E-state index contributed by atoms with van der Waals surface area (Å²) < 4.78 is 13.2. The van der Waals surface area contributed by atoms with Crippen LogP contribution in [-0.4, -0.2) is 12.5 Å². The van der Waals surface area contributed by atoms with E-state index in [0.29, 0.717) is 6.54 Å². The topological polar surface area (TPSA) is 55.1 Å². The summed E-state index contributed by atoms with van der Waals surface area (Å²) in [4.78, 5) is 11.4. The van der Waals surface area contributed by atoms with E-state index in [2.05, 4.69) is 5.32 Å². The molecule has 0 aromatic heterocycles. The van der Waals surface area contributed by atoms with Crippen LogP contribution >= 0.6 is 0 Å². The van der Waals surface area contributed by atoms with Crippen molar-refractivity contribution >= 4 is 11.6 Å². The van der Waals surface area contributed by atoms with Gasteiger partial charge in [0, 0.05) is 12.2 Å². The summed E-state index contributed by atoms with van der Waals surface area (Å²) in [6, 6.07) is 4.20. The molecule has 0 aliphatic carbocycles. The van der Waals surface area contributed by atoms with Gasteiger partial charge in [-0.2, -0.15) is 0 Å². The van der Waals surface area contributed by atoms with E-state index in [1.54, 1.807) is 0 Å². The molecule has 0 saturated heterocycles. The van der Waals surface area contributed by atoms with Crippen LogP contribution < -0.4 is 11.1 Å². The third kappa shape index (κ3) is 2.22. The Morgan fingerprint density at radius 2 is 2.29 bits per heavy atom. The Morgan fingerprint density at radius 3 is 2.86 bits per heavy atom. The minimum Gasteiger partial charge on any atom is -0.398 e. The smallest absolute Gasteiger partial charge is 0.256 e. The van der Waals surface area contributed by atoms with E-state index >= 15 is 0 Å². The van der Waals surface area contributed by atoms with Crippen molar-refractivity contribution in [2.24, 2.45) is 0 Å². The van der Waals surface area contributed by atoms with E-state index in [4.69, 9.17) is 5.73 Å². The number of halogens is 1. The maximum atomic E-state index is 13.2. The molecule has 1 aromatic rings. The van der Waals surface area contributed by atoms with E-state index in [9.17, 15) is 9.18 Å². The number of benzene rings is 1. The molecule has 1 amide bonds. The Labute approximate surface area is 82.1 Å². The summed E-state index contributed by atoms with van der Waals surface area (Å²) in [5.41, 5.74) is 5.59. The number of hydrogen-bond donors (Lipinski definition) is 2. The first-order valence-electron chi connectivity index (χ1n) is 4.49. The van der Waals surface area contributed by atoms with Gasteiger partial charge in [-0.3, -0.25) is 4.79 Å². The number of nitrogen functional groups attached to an aromatic ring is 1. The van der Waals surface area contributed by atoms with Gasteiger partial charge >= 0.3 is 0 Å². The summed E-state index contributed by atoms with van der Waals surface area (Å²) in [6.45, 7) is 2.44. The molecule has 0 aliphatic heterocycles. The van der Waals surface area contributed by atoms with Gasteiger partial charge in [0.05, 0.1) is 5.56 Å². The van der Waals surface area contributed by atoms with Crippen molar-refractivity contribution in [2.75, 3.05) is 12.3 Å². The number of carbonyl (C=O) groups excluding carboxylic acids is 1. The quantitative estimate of drug-likeness (QED) is 0.720. The number of rotatable bonds is 3. The molecule has 0 radical (unpaired) electrons. The molecular formula is C10H13FN2O. The predicted molar refractivity (Wildman–Crippen MR) is 53.4 cm³/mol. The minimum atomic E-state index is -0.585. The molecule has 0 heterocycles. The zero-order chi connectivity index (χ0) is 10.6. The van der Waals surface area contributed by atoms with Crippen molar-refractivity contribution < 1.29 is 9.18 Å². The molecule has 76 valence electrons. The van der Waals surface area contributed by atoms with Crippen LogP contribution in [0, 0.1) is 5.82 Å². The van der Waals surface area contributed by atoms with Crippen LogP contribution in [0.2, 0.25) is 0 Å². The minimum absolute atomic E-state index is 0.0686. The van der Waals surface area contributed by atoms with Crippen LogP contribution in [0.1, 0.15) is 23.7 Å². The number of nitrogens with one attached hydrogen (secondary N) is 1. The molecule has 1 rings (SSSR count). The van der Waals surface area contributed by atoms with E-state index in [-0.39, 0.29) is 11.3 Å². The van der Waals surface area contributed by atoms with Crippen molar-refractivity contribution in [3.05, 3.63) is 29.6 Å². The summed E-state index contributed by atoms with van der Waals surface area (Å²) in [6.07, 6.45) is 0.806. The maximum Gasteiger partial charge on any atom is 0.256 e. The third-order valence-electron chi connectivity index (χ3n) is 1.81. The number of carbonyl (C=O) groups is 1. The van der Waals surface area contributed by atoms with Crippen LogP contribution in [0.5, 0.6) is 0 Å². The molecule has 0 atom stereocenters. The Hall–Kier alpha value is -1.58. The van der Waals surface area contributed by atoms with Gasteiger partial charge in [-0.1, -0.05) is 13.0 Å². The average molecular weight is 196 g/mol. The molecule has 3 nitrogen and oxygen atoms in total. The molecular weight excluding hydrogens is 183 g/mol. The number of hydrogen-bond acceptors (Lipinski definition) is 2. The zero-order valence-electron chi connectivity index (χ0n) is 8.01. The standard InChI is InChI=1S/C10H13FN2O/c1-2-6-13-10(14)9-7(11)4-3-5-8(9)12/h3-5H,2,6,12H2,1H3,(H,13,14). The maximum absolute atomic E-state index is 13.2. The van der Waals surface area contributed by atoms with E-state index < -0.39 is 11.7 Å². The van der Waals surface area contributed by atoms with Crippen LogP contribution in [0.3, 0.4) is 0 Å². The summed E-state index contributed by atoms with van der Waals surface area (Å²) in [5, 5.41) is 2.57. The highest BCUT2D eigenvalue weighted by molar-refractivity contribution is 5.99. The van der Waals surface area contributed by atoms with Crippen LogP contribution in [0.4, 0.5) is 10.1 Å². The van der Waals surface area contributed by atoms with Gasteiger partial charge in [-0.05, 0) is 18.6 Å². The van der Waals surface area contributed by atoms with Crippen LogP contribution in [-0.2, 0) is 0 Å². The first-order valence-corrected chi connectivity index (χ1v) is 4.49. The Bertz CT molecular complexity index is 319. The van der Waals surface area contributed by atoms with Gasteiger partial charge in [0.25, 0.3) is 5.91 Å². The van der Waals surface area contributed by atoms with Crippen LogP contribution in [0.15, 0.2) is 18.2 Å². The average Bonchev–Trinajstić information content (AvgIpc) is 2.14. The van der Waals surface area contributed by atoms with Crippen LogP contribution in [0.25, 0.3) is 0 Å². The Kier molecular flexibility index (Phi) is 3.45. The van der Waals surface area contributed by atoms with Crippen molar-refractivity contribution in [3.63, 3.8) is 0 Å². The van der Waals surface area contributed by atoms with Gasteiger partial charge in [-0.15, -0.1) is 0 Å². The monoisotopic (exact) mass is 196 g/mol. The second-order valence-electron chi connectivity index (χ2n) is 2.96. The summed E-state index contributed by atoms with van der Waals surface area (Å²) >= 11 is 0. The molecule has 14 heavy (non-hydrogen) atoms. The highest BCUT2D eigenvalue weighted by Gasteiger charge is 2.13. The van der Waals surface area contributed by atoms with Gasteiger partial charge < -0.3 is 11.1 Å². The molecule has 0 bridgehead atoms. The Morgan fingerprint density at radius 1 is 1.57 bits per heavy atom. The second-order valence-corrected chi connectivity index (χ2v) is 2.96. The normalized spacial score (nSPS) is 9.86. The largest absolute Gasteiger partial charge is 0.398 e. The van der Waals surface area contributed by atoms with Gasteiger partial charge in [0.15, 0.2) is 0 Å². The fraction of sp³-hybridized carbons (Fsp3) is 0.300. The van der Waals surface area contributed by atoms with Crippen molar-refractivity contribution in [2.45, 2.75) is 13.3 Å². The fourth-order valence-corrected chi connectivity index (χ4v) is 1.11. The molecule has 0 spiro atoms. The highest BCUT2D eigenvalue weighted by atomic mass is 19.1. The van der Waals surface area contributed by atoms with E-state index in [1.165, 1.54) is 18.2 Å². The fourth-order valence-electron chi connectivity index (χ4n) is 1.11. The molecule has 1 aromatic carbocycles. The first-order chi connectivity index (χ1) is 6.66. The molecule has 0 unspecified atom stereocenters. The SMILES string of the molecule is CCCNC(=O)c1c(N)cccc1F. The van der Waals surface area contributed by atoms with Gasteiger partial charge in [-0.25, -0.2) is 4.39 Å². The zero-order valence-corrected chi connectivity index (χ0v) is 8.01. The van der Waals surface area contributed by atoms with E-state index in [1.807, 2.05) is 6.92 Å². The lowest BCUT2D eigenvalue weighted by molar-refractivity contribution is 0.0950. The van der Waals surface area contributed by atoms with Gasteiger partial charge in [0.2, 0.25) is 0 Å². The number of anilines is 1. The first kappa shape index (κ1) is 10.5. The lowest BCUT2D eigenvalue weighted by Crippen LogP contribution is -2.25. The number of amides is 1. The second kappa shape index (κ2) is 4.60. The lowest BCUT2D eigenvalue weighted by Gasteiger charge is -2.06. The summed E-state index contributed by atoms with van der Waals surface area (Å²) in [7, 11) is 0. The summed E-state index contributed by atoms with van der Waals surface area (Å²) in [5.74, 6) is -1.04. The third-order valence-corrected chi connectivity index (χ3v) is 1.81.